The number of para-hydroxylation sites is 2. The van der Waals surface area contributed by atoms with Crippen LogP contribution in [0, 0.1) is 0 Å². The number of rotatable bonds is 6. The molecule has 0 saturated carbocycles. The van der Waals surface area contributed by atoms with E-state index in [1.165, 1.54) is 10.9 Å². The average molecular weight is 699 g/mol. The zero-order valence-electron chi connectivity index (χ0n) is 30.6. The largest absolute Gasteiger partial charge is 0.507 e. The van der Waals surface area contributed by atoms with Gasteiger partial charge < -0.3 is 10.2 Å². The summed E-state index contributed by atoms with van der Waals surface area (Å²) in [4.78, 5) is 0. The molecule has 9 rings (SSSR count). The van der Waals surface area contributed by atoms with Gasteiger partial charge in [0.05, 0.1) is 0 Å². The zero-order valence-corrected chi connectivity index (χ0v) is 30.6. The van der Waals surface area contributed by atoms with Gasteiger partial charge in [-0.15, -0.1) is 0 Å². The molecular formula is C52H42O2. The lowest BCUT2D eigenvalue weighted by molar-refractivity contribution is 0.467. The van der Waals surface area contributed by atoms with E-state index in [0.29, 0.717) is 0 Å². The quantitative estimate of drug-likeness (QED) is 0.170. The maximum Gasteiger partial charge on any atom is 0.131 e. The van der Waals surface area contributed by atoms with Crippen molar-refractivity contribution in [3.8, 4) is 56.0 Å². The van der Waals surface area contributed by atoms with Crippen molar-refractivity contribution in [2.24, 2.45) is 0 Å². The van der Waals surface area contributed by atoms with E-state index in [4.69, 9.17) is 0 Å². The molecule has 1 unspecified atom stereocenters. The zero-order chi connectivity index (χ0) is 37.0. The smallest absolute Gasteiger partial charge is 0.131 e. The van der Waals surface area contributed by atoms with E-state index in [2.05, 4.69) is 121 Å². The molecule has 0 aromatic heterocycles. The van der Waals surface area contributed by atoms with Crippen LogP contribution in [0.25, 0.3) is 71.6 Å². The van der Waals surface area contributed by atoms with Gasteiger partial charge in [0.25, 0.3) is 0 Å². The number of hydrogen-bond acceptors (Lipinski definition) is 2. The fraction of sp³-hybridized carbons (Fsp3) is 0.0769. The fourth-order valence-corrected chi connectivity index (χ4v) is 7.97. The molecule has 2 nitrogen and oxygen atoms in total. The first kappa shape index (κ1) is 34.4. The Kier molecular flexibility index (Phi) is 9.66. The predicted molar refractivity (Wildman–Crippen MR) is 229 cm³/mol. The topological polar surface area (TPSA) is 40.5 Å². The lowest BCUT2D eigenvalue weighted by atomic mass is 9.83. The number of benzene rings is 8. The van der Waals surface area contributed by atoms with Crippen LogP contribution >= 0.6 is 0 Å². The predicted octanol–water partition coefficient (Wildman–Crippen LogP) is 14.2. The molecule has 2 heteroatoms. The molecule has 1 atom stereocenters. The summed E-state index contributed by atoms with van der Waals surface area (Å²) in [5.74, 6) is 0.569. The first-order valence-corrected chi connectivity index (χ1v) is 18.8. The molecule has 0 aliphatic heterocycles. The minimum absolute atomic E-state index is 0.0552. The van der Waals surface area contributed by atoms with Crippen LogP contribution in [0.2, 0.25) is 0 Å². The van der Waals surface area contributed by atoms with Crippen molar-refractivity contribution >= 4 is 27.1 Å². The molecule has 0 bridgehead atoms. The third kappa shape index (κ3) is 6.27. The van der Waals surface area contributed by atoms with E-state index in [1.54, 1.807) is 0 Å². The highest BCUT2D eigenvalue weighted by molar-refractivity contribution is 6.22. The third-order valence-electron chi connectivity index (χ3n) is 10.4. The van der Waals surface area contributed by atoms with Crippen LogP contribution in [-0.4, -0.2) is 10.2 Å². The molecule has 262 valence electrons. The standard InChI is InChI=1S/C50H36O2.C2H6/c51-49-39(36-20-11-19-35(31-36)33-15-3-1-4-16-33)27-13-28-40(49)37-21-12-22-38(32-37)41-29-14-30-46(50(41)52)48-45-26-10-8-24-43(45)42-23-7-9-25-44(42)47(48)34-17-5-2-6-18-34;1-2/h1-19,21-32,36,51-52H,20H2;1-2H3. The van der Waals surface area contributed by atoms with Gasteiger partial charge in [0, 0.05) is 33.7 Å². The Labute approximate surface area is 317 Å². The molecule has 1 aliphatic carbocycles. The van der Waals surface area contributed by atoms with Gasteiger partial charge in [0.1, 0.15) is 11.5 Å². The van der Waals surface area contributed by atoms with E-state index in [9.17, 15) is 10.2 Å². The molecule has 0 amide bonds. The minimum Gasteiger partial charge on any atom is -0.507 e. The van der Waals surface area contributed by atoms with Crippen molar-refractivity contribution in [1.29, 1.82) is 0 Å². The third-order valence-corrected chi connectivity index (χ3v) is 10.4. The summed E-state index contributed by atoms with van der Waals surface area (Å²) in [6.45, 7) is 4.00. The first-order valence-electron chi connectivity index (χ1n) is 18.8. The molecule has 0 fully saturated rings. The summed E-state index contributed by atoms with van der Waals surface area (Å²) < 4.78 is 0. The molecule has 0 radical (unpaired) electrons. The second-order valence-corrected chi connectivity index (χ2v) is 13.5. The van der Waals surface area contributed by atoms with Crippen molar-refractivity contribution < 1.29 is 10.2 Å². The maximum absolute atomic E-state index is 12.3. The molecule has 2 N–H and O–H groups in total. The van der Waals surface area contributed by atoms with Gasteiger partial charge in [-0.3, -0.25) is 0 Å². The van der Waals surface area contributed by atoms with Gasteiger partial charge in [0.15, 0.2) is 0 Å². The molecule has 54 heavy (non-hydrogen) atoms. The second-order valence-electron chi connectivity index (χ2n) is 13.5. The van der Waals surface area contributed by atoms with Crippen molar-refractivity contribution in [2.75, 3.05) is 0 Å². The van der Waals surface area contributed by atoms with Crippen LogP contribution in [0.4, 0.5) is 0 Å². The van der Waals surface area contributed by atoms with Gasteiger partial charge in [0.2, 0.25) is 0 Å². The Hall–Kier alpha value is -6.64. The first-order chi connectivity index (χ1) is 26.7. The van der Waals surface area contributed by atoms with E-state index < -0.39 is 0 Å². The Morgan fingerprint density at radius 2 is 0.907 bits per heavy atom. The van der Waals surface area contributed by atoms with Gasteiger partial charge in [-0.25, -0.2) is 0 Å². The monoisotopic (exact) mass is 698 g/mol. The summed E-state index contributed by atoms with van der Waals surface area (Å²) >= 11 is 0. The Balaban J connectivity index is 0.00000203. The molecule has 0 heterocycles. The van der Waals surface area contributed by atoms with Gasteiger partial charge in [-0.2, -0.15) is 0 Å². The molecule has 1 aliphatic rings. The highest BCUT2D eigenvalue weighted by Crippen LogP contribution is 2.49. The van der Waals surface area contributed by atoms with Crippen molar-refractivity contribution in [1.82, 2.24) is 0 Å². The average Bonchev–Trinajstić information content (AvgIpc) is 3.25. The molecule has 0 spiro atoms. The molecule has 8 aromatic carbocycles. The Bertz CT molecular complexity index is 2670. The van der Waals surface area contributed by atoms with Crippen molar-refractivity contribution in [3.05, 3.63) is 199 Å². The van der Waals surface area contributed by atoms with Crippen LogP contribution in [0.3, 0.4) is 0 Å². The number of hydrogen-bond donors (Lipinski definition) is 2. The number of aromatic hydroxyl groups is 2. The van der Waals surface area contributed by atoms with Gasteiger partial charge in [-0.1, -0.05) is 196 Å². The van der Waals surface area contributed by atoms with Crippen LogP contribution in [0.5, 0.6) is 11.5 Å². The summed E-state index contributed by atoms with van der Waals surface area (Å²) in [5, 5.41) is 28.6. The highest BCUT2D eigenvalue weighted by Gasteiger charge is 2.22. The van der Waals surface area contributed by atoms with Crippen molar-refractivity contribution in [2.45, 2.75) is 26.2 Å². The van der Waals surface area contributed by atoms with E-state index in [-0.39, 0.29) is 17.4 Å². The normalized spacial score (nSPS) is 13.7. The summed E-state index contributed by atoms with van der Waals surface area (Å²) in [6.07, 6.45) is 7.44. The van der Waals surface area contributed by atoms with Crippen LogP contribution in [0.15, 0.2) is 188 Å². The van der Waals surface area contributed by atoms with Crippen LogP contribution in [0.1, 0.15) is 37.3 Å². The summed E-state index contributed by atoms with van der Waals surface area (Å²) in [6, 6.07) is 58.0. The Morgan fingerprint density at radius 3 is 1.56 bits per heavy atom. The van der Waals surface area contributed by atoms with Crippen LogP contribution in [-0.2, 0) is 0 Å². The highest BCUT2D eigenvalue weighted by atomic mass is 16.3. The number of phenolic OH excluding ortho intramolecular Hbond substituents is 2. The molecule has 8 aromatic rings. The summed E-state index contributed by atoms with van der Waals surface area (Å²) in [7, 11) is 0. The second kappa shape index (κ2) is 15.1. The molecule has 0 saturated heterocycles. The van der Waals surface area contributed by atoms with E-state index in [1.807, 2.05) is 80.6 Å². The fourth-order valence-electron chi connectivity index (χ4n) is 7.97. The van der Waals surface area contributed by atoms with Crippen molar-refractivity contribution in [3.63, 3.8) is 0 Å². The minimum atomic E-state index is 0.0552. The summed E-state index contributed by atoms with van der Waals surface area (Å²) in [5.41, 5.74) is 10.5. The molecular weight excluding hydrogens is 657 g/mol. The number of allylic oxidation sites excluding steroid dienone is 4. The van der Waals surface area contributed by atoms with Crippen LogP contribution < -0.4 is 0 Å². The SMILES string of the molecule is CC.Oc1c(-c2cccc(-c3cccc(C4C=C(c5ccccc5)C=CC4)c3O)c2)cccc1-c1c(-c2ccccc2)c2ccccc2c2ccccc12. The number of fused-ring (bicyclic) bond motifs is 3. The lowest BCUT2D eigenvalue weighted by Gasteiger charge is -2.21. The van der Waals surface area contributed by atoms with E-state index in [0.717, 1.165) is 78.2 Å². The van der Waals surface area contributed by atoms with Gasteiger partial charge in [-0.05, 0) is 67.4 Å². The lowest BCUT2D eigenvalue weighted by Crippen LogP contribution is -2.00. The number of phenols is 2. The van der Waals surface area contributed by atoms with E-state index >= 15 is 0 Å². The van der Waals surface area contributed by atoms with Gasteiger partial charge >= 0.3 is 0 Å². The Morgan fingerprint density at radius 1 is 0.426 bits per heavy atom. The maximum atomic E-state index is 12.3.